The number of rotatable bonds is 6. The summed E-state index contributed by atoms with van der Waals surface area (Å²) in [5.41, 5.74) is 4.40. The van der Waals surface area contributed by atoms with E-state index in [1.807, 2.05) is 0 Å². The number of nitrogens with zero attached hydrogens (tertiary/aromatic N) is 2. The summed E-state index contributed by atoms with van der Waals surface area (Å²) in [7, 11) is -2.21. The summed E-state index contributed by atoms with van der Waals surface area (Å²) in [5, 5.41) is 11.5. The number of oxime groups is 1. The van der Waals surface area contributed by atoms with Gasteiger partial charge in [-0.15, -0.1) is 0 Å². The molecule has 4 N–H and O–H groups in total. The van der Waals surface area contributed by atoms with Crippen molar-refractivity contribution in [2.24, 2.45) is 10.9 Å². The molecular weight excluding hydrogens is 244 g/mol. The molecule has 0 aromatic carbocycles. The van der Waals surface area contributed by atoms with E-state index >= 15 is 0 Å². The topological polar surface area (TPSA) is 108 Å². The van der Waals surface area contributed by atoms with E-state index < -0.39 is 15.7 Å². The molecule has 0 radical (unpaired) electrons. The first kappa shape index (κ1) is 16.1. The van der Waals surface area contributed by atoms with Gasteiger partial charge in [0.05, 0.1) is 5.54 Å². The summed E-state index contributed by atoms with van der Waals surface area (Å²) in [4.78, 5) is 0. The number of nitrogens with two attached hydrogens (primary N) is 1. The van der Waals surface area contributed by atoms with Gasteiger partial charge in [0.2, 0.25) is 0 Å². The lowest BCUT2D eigenvalue weighted by Gasteiger charge is -2.31. The third kappa shape index (κ3) is 3.83. The molecule has 17 heavy (non-hydrogen) atoms. The fraction of sp³-hybridized carbons (Fsp3) is 0.889. The molecule has 0 amide bonds. The lowest BCUT2D eigenvalue weighted by Crippen LogP contribution is -2.58. The van der Waals surface area contributed by atoms with Crippen molar-refractivity contribution in [2.75, 3.05) is 7.05 Å². The highest BCUT2D eigenvalue weighted by molar-refractivity contribution is 7.87. The third-order valence-corrected chi connectivity index (χ3v) is 4.73. The lowest BCUT2D eigenvalue weighted by atomic mass is 10.00. The van der Waals surface area contributed by atoms with Crippen LogP contribution in [0, 0.1) is 0 Å². The number of nitrogens with one attached hydrogen (secondary N) is 1. The van der Waals surface area contributed by atoms with E-state index in [0.717, 1.165) is 0 Å². The van der Waals surface area contributed by atoms with Gasteiger partial charge in [0.25, 0.3) is 10.2 Å². The smallest absolute Gasteiger partial charge is 0.280 e. The Bertz CT molecular complexity index is 380. The van der Waals surface area contributed by atoms with E-state index in [-0.39, 0.29) is 11.9 Å². The molecule has 0 saturated carbocycles. The molecule has 0 aliphatic rings. The number of hydrogen-bond donors (Lipinski definition) is 3. The highest BCUT2D eigenvalue weighted by atomic mass is 32.2. The quantitative estimate of drug-likeness (QED) is 0.274. The Morgan fingerprint density at radius 1 is 1.59 bits per heavy atom. The maximum absolute atomic E-state index is 12.0. The predicted molar refractivity (Wildman–Crippen MR) is 67.1 cm³/mol. The van der Waals surface area contributed by atoms with Crippen LogP contribution in [0.2, 0.25) is 0 Å². The summed E-state index contributed by atoms with van der Waals surface area (Å²) < 4.78 is 27.6. The molecule has 7 nitrogen and oxygen atoms in total. The second-order valence-corrected chi connectivity index (χ2v) is 6.12. The van der Waals surface area contributed by atoms with E-state index in [2.05, 4.69) is 9.88 Å². The highest BCUT2D eigenvalue weighted by Gasteiger charge is 2.35. The second kappa shape index (κ2) is 5.65. The maximum Gasteiger partial charge on any atom is 0.280 e. The molecule has 1 unspecified atom stereocenters. The Kier molecular flexibility index (Phi) is 5.37. The van der Waals surface area contributed by atoms with Crippen LogP contribution in [0.15, 0.2) is 5.16 Å². The van der Waals surface area contributed by atoms with Crippen molar-refractivity contribution in [1.29, 1.82) is 0 Å². The average molecular weight is 266 g/mol. The molecule has 0 aliphatic carbocycles. The SMILES string of the molecule is CCC(C)(NS(=O)(=O)N(C)C(C)C)C(N)=NO. The lowest BCUT2D eigenvalue weighted by molar-refractivity contribution is 0.309. The maximum atomic E-state index is 12.0. The van der Waals surface area contributed by atoms with E-state index in [9.17, 15) is 8.42 Å². The zero-order valence-electron chi connectivity index (χ0n) is 10.9. The minimum absolute atomic E-state index is 0.166. The molecule has 102 valence electrons. The van der Waals surface area contributed by atoms with Gasteiger partial charge in [-0.2, -0.15) is 17.4 Å². The van der Waals surface area contributed by atoms with Gasteiger partial charge < -0.3 is 10.9 Å². The van der Waals surface area contributed by atoms with Gasteiger partial charge in [-0.3, -0.25) is 0 Å². The van der Waals surface area contributed by atoms with Gasteiger partial charge in [-0.1, -0.05) is 12.1 Å². The zero-order chi connectivity index (χ0) is 13.9. The minimum Gasteiger partial charge on any atom is -0.409 e. The van der Waals surface area contributed by atoms with Crippen LogP contribution in [-0.4, -0.2) is 42.4 Å². The Morgan fingerprint density at radius 3 is 2.35 bits per heavy atom. The first-order chi connectivity index (χ1) is 7.60. The van der Waals surface area contributed by atoms with Gasteiger partial charge in [0.1, 0.15) is 0 Å². The van der Waals surface area contributed by atoms with Crippen molar-refractivity contribution >= 4 is 16.0 Å². The van der Waals surface area contributed by atoms with Gasteiger partial charge in [-0.05, 0) is 27.2 Å². The van der Waals surface area contributed by atoms with Crippen LogP contribution < -0.4 is 10.5 Å². The van der Waals surface area contributed by atoms with Gasteiger partial charge in [0, 0.05) is 13.1 Å². The fourth-order valence-corrected chi connectivity index (χ4v) is 2.57. The molecule has 8 heteroatoms. The van der Waals surface area contributed by atoms with Crippen molar-refractivity contribution in [3.05, 3.63) is 0 Å². The molecular formula is C9H22N4O3S. The number of amidine groups is 1. The minimum atomic E-state index is -3.67. The van der Waals surface area contributed by atoms with Crippen molar-refractivity contribution in [2.45, 2.75) is 45.7 Å². The largest absolute Gasteiger partial charge is 0.409 e. The molecule has 0 heterocycles. The standard InChI is InChI=1S/C9H22N4O3S/c1-6-9(4,8(10)11-14)12-17(15,16)13(5)7(2)3/h7,12,14H,6H2,1-5H3,(H2,10,11). The van der Waals surface area contributed by atoms with Gasteiger partial charge in [0.15, 0.2) is 5.84 Å². The van der Waals surface area contributed by atoms with Crippen molar-refractivity contribution < 1.29 is 13.6 Å². The van der Waals surface area contributed by atoms with Crippen molar-refractivity contribution in [1.82, 2.24) is 9.03 Å². The predicted octanol–water partition coefficient (Wildman–Crippen LogP) is 0.0761. The third-order valence-electron chi connectivity index (χ3n) is 2.84. The highest BCUT2D eigenvalue weighted by Crippen LogP contribution is 2.13. The normalized spacial score (nSPS) is 17.5. The molecule has 0 aromatic heterocycles. The Morgan fingerprint density at radius 2 is 2.06 bits per heavy atom. The average Bonchev–Trinajstić information content (AvgIpc) is 2.25. The van der Waals surface area contributed by atoms with Crippen LogP contribution in [0.4, 0.5) is 0 Å². The molecule has 1 atom stereocenters. The van der Waals surface area contributed by atoms with Crippen molar-refractivity contribution in [3.8, 4) is 0 Å². The molecule has 0 fully saturated rings. The van der Waals surface area contributed by atoms with Crippen LogP contribution >= 0.6 is 0 Å². The molecule has 0 aliphatic heterocycles. The molecule has 0 aromatic rings. The number of hydrogen-bond acceptors (Lipinski definition) is 4. The summed E-state index contributed by atoms with van der Waals surface area (Å²) in [6.07, 6.45) is 0.369. The monoisotopic (exact) mass is 266 g/mol. The zero-order valence-corrected chi connectivity index (χ0v) is 11.7. The summed E-state index contributed by atoms with van der Waals surface area (Å²) in [6, 6.07) is -0.180. The van der Waals surface area contributed by atoms with Crippen LogP contribution in [0.5, 0.6) is 0 Å². The summed E-state index contributed by atoms with van der Waals surface area (Å²) in [5.74, 6) is -0.166. The second-order valence-electron chi connectivity index (χ2n) is 4.39. The van der Waals surface area contributed by atoms with E-state index in [0.29, 0.717) is 6.42 Å². The van der Waals surface area contributed by atoms with Crippen molar-refractivity contribution in [3.63, 3.8) is 0 Å². The Hall–Kier alpha value is -0.860. The summed E-state index contributed by atoms with van der Waals surface area (Å²) in [6.45, 7) is 6.82. The molecule has 0 rings (SSSR count). The first-order valence-electron chi connectivity index (χ1n) is 5.35. The first-order valence-corrected chi connectivity index (χ1v) is 6.79. The van der Waals surface area contributed by atoms with Crippen LogP contribution in [0.25, 0.3) is 0 Å². The van der Waals surface area contributed by atoms with E-state index in [1.54, 1.807) is 27.7 Å². The fourth-order valence-electron chi connectivity index (χ4n) is 1.05. The Labute approximate surface area is 103 Å². The van der Waals surface area contributed by atoms with E-state index in [1.165, 1.54) is 11.4 Å². The van der Waals surface area contributed by atoms with Gasteiger partial charge >= 0.3 is 0 Å². The summed E-state index contributed by atoms with van der Waals surface area (Å²) >= 11 is 0. The van der Waals surface area contributed by atoms with Crippen LogP contribution in [0.3, 0.4) is 0 Å². The van der Waals surface area contributed by atoms with Crippen LogP contribution in [0.1, 0.15) is 34.1 Å². The molecule has 0 spiro atoms. The van der Waals surface area contributed by atoms with E-state index in [4.69, 9.17) is 10.9 Å². The van der Waals surface area contributed by atoms with Gasteiger partial charge in [-0.25, -0.2) is 0 Å². The molecule has 0 saturated heterocycles. The van der Waals surface area contributed by atoms with Crippen LogP contribution in [-0.2, 0) is 10.2 Å². The Balaban J connectivity index is 5.17. The molecule has 0 bridgehead atoms.